The molecule has 1 aliphatic heterocycles. The van der Waals surface area contributed by atoms with Gasteiger partial charge in [-0.25, -0.2) is 8.42 Å². The van der Waals surface area contributed by atoms with Crippen molar-refractivity contribution in [2.75, 3.05) is 25.9 Å². The summed E-state index contributed by atoms with van der Waals surface area (Å²) >= 11 is 0. The second-order valence-corrected chi connectivity index (χ2v) is 7.40. The molecule has 1 rings (SSSR count). The molecule has 1 atom stereocenters. The normalized spacial score (nSPS) is 20.6. The minimum atomic E-state index is -3.13. The number of nitrogens with one attached hydrogen (secondary N) is 1. The Morgan fingerprint density at radius 2 is 2.00 bits per heavy atom. The van der Waals surface area contributed by atoms with Gasteiger partial charge in [0.15, 0.2) is 9.84 Å². The molecule has 1 fully saturated rings. The van der Waals surface area contributed by atoms with Gasteiger partial charge in [0.25, 0.3) is 0 Å². The number of hydrogen-bond donors (Lipinski definition) is 1. The van der Waals surface area contributed by atoms with Gasteiger partial charge < -0.3 is 5.32 Å². The first kappa shape index (κ1) is 16.2. The number of piperidine rings is 1. The van der Waals surface area contributed by atoms with Crippen LogP contribution < -0.4 is 5.32 Å². The summed E-state index contributed by atoms with van der Waals surface area (Å²) in [5, 5.41) is 3.90. The molecule has 0 radical (unpaired) electrons. The lowest BCUT2D eigenvalue weighted by molar-refractivity contribution is -0.122. The number of nitrogens with zero attached hydrogens (tertiary/aromatic N) is 1. The molecule has 1 saturated heterocycles. The molecular weight excluding hydrogens is 264 g/mol. The van der Waals surface area contributed by atoms with Crippen molar-refractivity contribution in [1.29, 1.82) is 0 Å². The largest absolute Gasteiger partial charge is 0.349 e. The number of rotatable bonds is 5. The van der Waals surface area contributed by atoms with Gasteiger partial charge in [0.1, 0.15) is 0 Å². The minimum Gasteiger partial charge on any atom is -0.349 e. The third-order valence-corrected chi connectivity index (χ3v) is 3.90. The number of likely N-dealkylation sites (tertiary alicyclic amines) is 1. The number of sulfone groups is 1. The fourth-order valence-corrected chi connectivity index (χ4v) is 2.55. The van der Waals surface area contributed by atoms with E-state index in [1.165, 1.54) is 6.08 Å². The fraction of sp³-hybridized carbons (Fsp3) is 0.769. The highest BCUT2D eigenvalue weighted by molar-refractivity contribution is 7.93. The molecule has 0 saturated carbocycles. The van der Waals surface area contributed by atoms with Crippen LogP contribution in [0.3, 0.4) is 0 Å². The van der Waals surface area contributed by atoms with Crippen LogP contribution in [0.25, 0.3) is 0 Å². The van der Waals surface area contributed by atoms with Gasteiger partial charge in [0.2, 0.25) is 5.91 Å². The smallest absolute Gasteiger partial charge is 0.234 e. The summed E-state index contributed by atoms with van der Waals surface area (Å²) in [5.74, 6) is 0.691. The number of carbonyl (C=O) groups excluding carboxylic acids is 1. The third kappa shape index (κ3) is 7.32. The SMILES string of the molecule is CC1CCN(CC(=O)N[C@@H](C)/C=C\S(C)(=O)=O)CC1. The van der Waals surface area contributed by atoms with E-state index in [0.717, 1.165) is 43.5 Å². The van der Waals surface area contributed by atoms with Gasteiger partial charge in [-0.15, -0.1) is 0 Å². The third-order valence-electron chi connectivity index (χ3n) is 3.25. The monoisotopic (exact) mass is 288 g/mol. The lowest BCUT2D eigenvalue weighted by atomic mass is 9.99. The van der Waals surface area contributed by atoms with Crippen LogP contribution >= 0.6 is 0 Å². The van der Waals surface area contributed by atoms with Crippen LogP contribution in [0.15, 0.2) is 11.5 Å². The molecule has 0 aromatic rings. The summed E-state index contributed by atoms with van der Waals surface area (Å²) < 4.78 is 21.9. The van der Waals surface area contributed by atoms with Crippen LogP contribution in [0.4, 0.5) is 0 Å². The van der Waals surface area contributed by atoms with Crippen molar-refractivity contribution >= 4 is 15.7 Å². The summed E-state index contributed by atoms with van der Waals surface area (Å²) in [4.78, 5) is 13.9. The Labute approximate surface area is 116 Å². The van der Waals surface area contributed by atoms with Crippen molar-refractivity contribution in [3.8, 4) is 0 Å². The van der Waals surface area contributed by atoms with Crippen LogP contribution in [-0.2, 0) is 14.6 Å². The summed E-state index contributed by atoms with van der Waals surface area (Å²) in [6.45, 7) is 6.31. The molecule has 0 aliphatic carbocycles. The first-order valence-electron chi connectivity index (χ1n) is 6.66. The minimum absolute atomic E-state index is 0.0554. The van der Waals surface area contributed by atoms with Crippen molar-refractivity contribution in [3.05, 3.63) is 11.5 Å². The van der Waals surface area contributed by atoms with Gasteiger partial charge in [-0.1, -0.05) is 13.0 Å². The molecule has 1 heterocycles. The Morgan fingerprint density at radius 1 is 1.42 bits per heavy atom. The Bertz CT molecular complexity index is 423. The topological polar surface area (TPSA) is 66.5 Å². The zero-order valence-electron chi connectivity index (χ0n) is 11.9. The zero-order valence-corrected chi connectivity index (χ0v) is 12.7. The van der Waals surface area contributed by atoms with E-state index in [2.05, 4.69) is 17.1 Å². The van der Waals surface area contributed by atoms with E-state index in [-0.39, 0.29) is 11.9 Å². The molecule has 0 aromatic carbocycles. The van der Waals surface area contributed by atoms with E-state index in [1.807, 2.05) is 0 Å². The maximum atomic E-state index is 11.8. The van der Waals surface area contributed by atoms with E-state index >= 15 is 0 Å². The molecule has 5 nitrogen and oxygen atoms in total. The maximum Gasteiger partial charge on any atom is 0.234 e. The number of hydrogen-bond acceptors (Lipinski definition) is 4. The predicted molar refractivity (Wildman–Crippen MR) is 76.4 cm³/mol. The van der Waals surface area contributed by atoms with Crippen LogP contribution in [0, 0.1) is 5.92 Å². The Hall–Kier alpha value is -0.880. The molecule has 6 heteroatoms. The predicted octanol–water partition coefficient (Wildman–Crippen LogP) is 0.781. The molecular formula is C13H24N2O3S. The fourth-order valence-electron chi connectivity index (χ4n) is 2.03. The van der Waals surface area contributed by atoms with E-state index in [9.17, 15) is 13.2 Å². The van der Waals surface area contributed by atoms with Crippen LogP contribution in [0.1, 0.15) is 26.7 Å². The summed E-state index contributed by atoms with van der Waals surface area (Å²) in [7, 11) is -3.13. The second kappa shape index (κ2) is 7.05. The van der Waals surface area contributed by atoms with Gasteiger partial charge in [0, 0.05) is 17.7 Å². The van der Waals surface area contributed by atoms with Crippen molar-refractivity contribution in [1.82, 2.24) is 10.2 Å². The van der Waals surface area contributed by atoms with E-state index in [0.29, 0.717) is 6.54 Å². The zero-order chi connectivity index (χ0) is 14.5. The van der Waals surface area contributed by atoms with E-state index < -0.39 is 9.84 Å². The van der Waals surface area contributed by atoms with Crippen molar-refractivity contribution < 1.29 is 13.2 Å². The van der Waals surface area contributed by atoms with Crippen LogP contribution in [0.5, 0.6) is 0 Å². The molecule has 110 valence electrons. The Balaban J connectivity index is 2.33. The van der Waals surface area contributed by atoms with Crippen LogP contribution in [0.2, 0.25) is 0 Å². The molecule has 0 spiro atoms. The lowest BCUT2D eigenvalue weighted by Crippen LogP contribution is -2.43. The van der Waals surface area contributed by atoms with E-state index in [4.69, 9.17) is 0 Å². The van der Waals surface area contributed by atoms with Crippen molar-refractivity contribution in [3.63, 3.8) is 0 Å². The van der Waals surface area contributed by atoms with Crippen molar-refractivity contribution in [2.45, 2.75) is 32.7 Å². The van der Waals surface area contributed by atoms with Gasteiger partial charge in [-0.3, -0.25) is 9.69 Å². The highest BCUT2D eigenvalue weighted by atomic mass is 32.2. The average Bonchev–Trinajstić information content (AvgIpc) is 2.29. The quantitative estimate of drug-likeness (QED) is 0.812. The van der Waals surface area contributed by atoms with Gasteiger partial charge >= 0.3 is 0 Å². The Morgan fingerprint density at radius 3 is 2.53 bits per heavy atom. The van der Waals surface area contributed by atoms with Gasteiger partial charge in [0.05, 0.1) is 6.54 Å². The van der Waals surface area contributed by atoms with Gasteiger partial charge in [-0.2, -0.15) is 0 Å². The highest BCUT2D eigenvalue weighted by Crippen LogP contribution is 2.15. The molecule has 0 bridgehead atoms. The molecule has 0 unspecified atom stereocenters. The molecule has 1 N–H and O–H groups in total. The first-order valence-corrected chi connectivity index (χ1v) is 8.61. The summed E-state index contributed by atoms with van der Waals surface area (Å²) in [6.07, 6.45) is 4.89. The number of amides is 1. The second-order valence-electron chi connectivity index (χ2n) is 5.47. The first-order chi connectivity index (χ1) is 8.76. The molecule has 1 amide bonds. The maximum absolute atomic E-state index is 11.8. The molecule has 0 aromatic heterocycles. The molecule has 19 heavy (non-hydrogen) atoms. The van der Waals surface area contributed by atoms with Crippen molar-refractivity contribution in [2.24, 2.45) is 5.92 Å². The summed E-state index contributed by atoms with van der Waals surface area (Å²) in [5.41, 5.74) is 0. The Kier molecular flexibility index (Phi) is 6.00. The molecule has 1 aliphatic rings. The van der Waals surface area contributed by atoms with Crippen LogP contribution in [-0.4, -0.2) is 51.2 Å². The lowest BCUT2D eigenvalue weighted by Gasteiger charge is -2.29. The highest BCUT2D eigenvalue weighted by Gasteiger charge is 2.18. The standard InChI is InChI=1S/C13H24N2O3S/c1-11-4-7-15(8-5-11)10-13(16)14-12(2)6-9-19(3,17)18/h6,9,11-12H,4-5,7-8,10H2,1-3H3,(H,14,16)/b9-6-/t12-/m0/s1. The average molecular weight is 288 g/mol. The van der Waals surface area contributed by atoms with Gasteiger partial charge in [-0.05, 0) is 38.8 Å². The summed E-state index contributed by atoms with van der Waals surface area (Å²) in [6, 6.07) is -0.272. The number of carbonyl (C=O) groups is 1. The van der Waals surface area contributed by atoms with E-state index in [1.54, 1.807) is 6.92 Å².